The molecule has 1 aromatic rings. The lowest BCUT2D eigenvalue weighted by molar-refractivity contribution is 0.530. The molecule has 14 heavy (non-hydrogen) atoms. The number of rotatable bonds is 4. The van der Waals surface area contributed by atoms with E-state index < -0.39 is 11.6 Å². The fourth-order valence-corrected chi connectivity index (χ4v) is 1.27. The molecule has 0 saturated heterocycles. The molecule has 1 rings (SSSR count). The molecule has 0 aliphatic carbocycles. The number of hydrogen-bond donors (Lipinski definition) is 1. The fraction of sp³-hybridized carbons (Fsp3) is 0.455. The van der Waals surface area contributed by atoms with Crippen molar-refractivity contribution in [3.63, 3.8) is 0 Å². The Bertz CT molecular complexity index is 310. The number of hydrogen-bond acceptors (Lipinski definition) is 1. The van der Waals surface area contributed by atoms with Crippen molar-refractivity contribution in [1.82, 2.24) is 5.32 Å². The first-order valence-corrected chi connectivity index (χ1v) is 4.81. The zero-order chi connectivity index (χ0) is 10.6. The van der Waals surface area contributed by atoms with Gasteiger partial charge in [0, 0.05) is 12.1 Å². The van der Waals surface area contributed by atoms with Crippen LogP contribution in [0.15, 0.2) is 12.1 Å². The van der Waals surface area contributed by atoms with E-state index in [2.05, 4.69) is 5.32 Å². The average Bonchev–Trinajstić information content (AvgIpc) is 2.18. The summed E-state index contributed by atoms with van der Waals surface area (Å²) in [6.07, 6.45) is 0.953. The molecule has 0 heterocycles. The molecule has 1 nitrogen and oxygen atoms in total. The summed E-state index contributed by atoms with van der Waals surface area (Å²) >= 11 is 0. The molecule has 0 aromatic heterocycles. The van der Waals surface area contributed by atoms with Crippen molar-refractivity contribution < 1.29 is 8.78 Å². The van der Waals surface area contributed by atoms with Gasteiger partial charge in [-0.05, 0) is 31.5 Å². The molecular formula is C11H15F2N. The van der Waals surface area contributed by atoms with Gasteiger partial charge in [-0.1, -0.05) is 13.0 Å². The van der Waals surface area contributed by atoms with Gasteiger partial charge in [-0.15, -0.1) is 0 Å². The van der Waals surface area contributed by atoms with Crippen molar-refractivity contribution in [2.45, 2.75) is 26.8 Å². The van der Waals surface area contributed by atoms with Crippen LogP contribution in [0.1, 0.15) is 24.5 Å². The third-order valence-electron chi connectivity index (χ3n) is 2.11. The molecule has 1 N–H and O–H groups in total. The minimum Gasteiger partial charge on any atom is -0.312 e. The van der Waals surface area contributed by atoms with E-state index in [0.717, 1.165) is 13.0 Å². The van der Waals surface area contributed by atoms with Crippen LogP contribution in [0.25, 0.3) is 0 Å². The van der Waals surface area contributed by atoms with E-state index in [9.17, 15) is 8.78 Å². The highest BCUT2D eigenvalue weighted by Gasteiger charge is 2.10. The number of nitrogens with one attached hydrogen (secondary N) is 1. The first kappa shape index (κ1) is 11.1. The summed E-state index contributed by atoms with van der Waals surface area (Å²) < 4.78 is 26.6. The van der Waals surface area contributed by atoms with Crippen molar-refractivity contribution in [3.8, 4) is 0 Å². The molecule has 0 bridgehead atoms. The Balaban J connectivity index is 2.79. The first-order valence-electron chi connectivity index (χ1n) is 4.81. The molecule has 3 heteroatoms. The predicted molar refractivity (Wildman–Crippen MR) is 53.1 cm³/mol. The second-order valence-electron chi connectivity index (χ2n) is 3.33. The van der Waals surface area contributed by atoms with E-state index in [4.69, 9.17) is 0 Å². The largest absolute Gasteiger partial charge is 0.312 e. The highest BCUT2D eigenvalue weighted by Crippen LogP contribution is 2.15. The summed E-state index contributed by atoms with van der Waals surface area (Å²) in [4.78, 5) is 0. The zero-order valence-electron chi connectivity index (χ0n) is 8.53. The molecule has 0 fully saturated rings. The molecule has 0 aliphatic heterocycles. The monoisotopic (exact) mass is 199 g/mol. The van der Waals surface area contributed by atoms with Gasteiger partial charge in [0.25, 0.3) is 0 Å². The van der Waals surface area contributed by atoms with E-state index in [-0.39, 0.29) is 12.1 Å². The molecule has 0 atom stereocenters. The van der Waals surface area contributed by atoms with Gasteiger partial charge in [0.15, 0.2) is 0 Å². The molecule has 0 radical (unpaired) electrons. The molecule has 78 valence electrons. The lowest BCUT2D eigenvalue weighted by atomic mass is 10.1. The zero-order valence-corrected chi connectivity index (χ0v) is 8.53. The Morgan fingerprint density at radius 3 is 2.64 bits per heavy atom. The molecule has 0 amide bonds. The van der Waals surface area contributed by atoms with Crippen molar-refractivity contribution >= 4 is 0 Å². The third-order valence-corrected chi connectivity index (χ3v) is 2.11. The second-order valence-corrected chi connectivity index (χ2v) is 3.33. The summed E-state index contributed by atoms with van der Waals surface area (Å²) in [5.41, 5.74) is 0.623. The Kier molecular flexibility index (Phi) is 4.01. The lowest BCUT2D eigenvalue weighted by Crippen LogP contribution is -2.16. The fourth-order valence-electron chi connectivity index (χ4n) is 1.27. The Morgan fingerprint density at radius 1 is 1.29 bits per heavy atom. The molecule has 1 aromatic carbocycles. The topological polar surface area (TPSA) is 12.0 Å². The number of aryl methyl sites for hydroxylation is 1. The van der Waals surface area contributed by atoms with Crippen LogP contribution >= 0.6 is 0 Å². The summed E-state index contributed by atoms with van der Waals surface area (Å²) in [5.74, 6) is -0.912. The van der Waals surface area contributed by atoms with Crippen LogP contribution in [0.4, 0.5) is 8.78 Å². The van der Waals surface area contributed by atoms with Gasteiger partial charge in [0.05, 0.1) is 0 Å². The summed E-state index contributed by atoms with van der Waals surface area (Å²) in [7, 11) is 0. The van der Waals surface area contributed by atoms with E-state index >= 15 is 0 Å². The normalized spacial score (nSPS) is 10.6. The van der Waals surface area contributed by atoms with Gasteiger partial charge in [-0.2, -0.15) is 0 Å². The quantitative estimate of drug-likeness (QED) is 0.735. The summed E-state index contributed by atoms with van der Waals surface area (Å²) in [5, 5.41) is 2.98. The van der Waals surface area contributed by atoms with Crippen LogP contribution in [-0.4, -0.2) is 6.54 Å². The minimum absolute atomic E-state index is 0.137. The predicted octanol–water partition coefficient (Wildman–Crippen LogP) is 2.77. The Labute approximate surface area is 83.1 Å². The van der Waals surface area contributed by atoms with E-state index in [1.807, 2.05) is 6.92 Å². The molecule has 0 saturated carbocycles. The van der Waals surface area contributed by atoms with Crippen LogP contribution < -0.4 is 5.32 Å². The first-order chi connectivity index (χ1) is 6.66. The van der Waals surface area contributed by atoms with E-state index in [1.54, 1.807) is 6.92 Å². The van der Waals surface area contributed by atoms with Crippen LogP contribution in [-0.2, 0) is 6.54 Å². The second kappa shape index (κ2) is 5.05. The Morgan fingerprint density at radius 2 is 2.00 bits per heavy atom. The standard InChI is InChI=1S/C11H15F2N/c1-3-6-14-7-9-10(12)5-4-8(2)11(9)13/h4-5,14H,3,6-7H2,1-2H3. The van der Waals surface area contributed by atoms with Gasteiger partial charge in [-0.25, -0.2) is 8.78 Å². The van der Waals surface area contributed by atoms with E-state index in [1.165, 1.54) is 12.1 Å². The van der Waals surface area contributed by atoms with Crippen molar-refractivity contribution in [2.75, 3.05) is 6.54 Å². The van der Waals surface area contributed by atoms with Crippen molar-refractivity contribution in [3.05, 3.63) is 34.9 Å². The van der Waals surface area contributed by atoms with Gasteiger partial charge in [0.1, 0.15) is 11.6 Å². The van der Waals surface area contributed by atoms with Gasteiger partial charge in [0.2, 0.25) is 0 Å². The highest BCUT2D eigenvalue weighted by atomic mass is 19.1. The van der Waals surface area contributed by atoms with Crippen LogP contribution in [0, 0.1) is 18.6 Å². The van der Waals surface area contributed by atoms with Gasteiger partial charge < -0.3 is 5.32 Å². The van der Waals surface area contributed by atoms with Crippen LogP contribution in [0.2, 0.25) is 0 Å². The molecule has 0 unspecified atom stereocenters. The summed E-state index contributed by atoms with van der Waals surface area (Å²) in [6, 6.07) is 2.76. The van der Waals surface area contributed by atoms with Crippen molar-refractivity contribution in [1.29, 1.82) is 0 Å². The smallest absolute Gasteiger partial charge is 0.133 e. The minimum atomic E-state index is -0.475. The molecule has 0 aliphatic rings. The van der Waals surface area contributed by atoms with Gasteiger partial charge in [-0.3, -0.25) is 0 Å². The van der Waals surface area contributed by atoms with Gasteiger partial charge >= 0.3 is 0 Å². The van der Waals surface area contributed by atoms with Crippen LogP contribution in [0.3, 0.4) is 0 Å². The maximum Gasteiger partial charge on any atom is 0.133 e. The third kappa shape index (κ3) is 2.51. The summed E-state index contributed by atoms with van der Waals surface area (Å²) in [6.45, 7) is 4.67. The van der Waals surface area contributed by atoms with Crippen molar-refractivity contribution in [2.24, 2.45) is 0 Å². The molecular weight excluding hydrogens is 184 g/mol. The highest BCUT2D eigenvalue weighted by molar-refractivity contribution is 5.26. The Hall–Kier alpha value is -0.960. The SMILES string of the molecule is CCCNCc1c(F)ccc(C)c1F. The number of halogens is 2. The van der Waals surface area contributed by atoms with E-state index in [0.29, 0.717) is 5.56 Å². The average molecular weight is 199 g/mol. The van der Waals surface area contributed by atoms with Crippen LogP contribution in [0.5, 0.6) is 0 Å². The number of benzene rings is 1. The lowest BCUT2D eigenvalue weighted by Gasteiger charge is -2.07. The maximum absolute atomic E-state index is 13.4. The molecule has 0 spiro atoms. The maximum atomic E-state index is 13.4.